The Morgan fingerprint density at radius 3 is 2.17 bits per heavy atom. The van der Waals surface area contributed by atoms with Crippen LogP contribution in [0.5, 0.6) is 0 Å². The average Bonchev–Trinajstić information content (AvgIpc) is 2.37. The van der Waals surface area contributed by atoms with Crippen LogP contribution in [-0.2, 0) is 0 Å². The molecule has 0 aromatic rings. The molecule has 2 N–H and O–H groups in total. The molecule has 0 aromatic carbocycles. The van der Waals surface area contributed by atoms with E-state index in [1.807, 2.05) is 0 Å². The molecule has 4 heteroatoms. The second kappa shape index (κ2) is 5.08. The topological polar surface area (TPSA) is 35.7 Å². The smallest absolute Gasteiger partial charge is 0.0455 e. The van der Waals surface area contributed by atoms with Crippen molar-refractivity contribution in [2.75, 3.05) is 53.0 Å². The van der Waals surface area contributed by atoms with E-state index in [4.69, 9.17) is 5.73 Å². The molecule has 4 nitrogen and oxygen atoms in total. The van der Waals surface area contributed by atoms with Crippen LogP contribution < -0.4 is 5.73 Å². The van der Waals surface area contributed by atoms with Gasteiger partial charge >= 0.3 is 0 Å². The zero-order valence-electron chi connectivity index (χ0n) is 11.8. The first-order valence-electron chi connectivity index (χ1n) is 7.56. The summed E-state index contributed by atoms with van der Waals surface area (Å²) in [6.45, 7) is 8.28. The predicted molar refractivity (Wildman–Crippen MR) is 74.4 cm³/mol. The van der Waals surface area contributed by atoms with E-state index >= 15 is 0 Å². The first kappa shape index (κ1) is 12.9. The van der Waals surface area contributed by atoms with Crippen molar-refractivity contribution in [3.8, 4) is 0 Å². The third-order valence-electron chi connectivity index (χ3n) is 5.57. The standard InChI is InChI=1S/C14H28N4/c1-16-6-8-18(9-7-16)13-10-14(11-13)2-4-17(12-15)5-3-14/h13H,2-12,15H2,1H3. The van der Waals surface area contributed by atoms with Crippen molar-refractivity contribution in [1.29, 1.82) is 0 Å². The maximum absolute atomic E-state index is 5.72. The highest BCUT2D eigenvalue weighted by atomic mass is 15.3. The van der Waals surface area contributed by atoms with E-state index in [2.05, 4.69) is 21.7 Å². The SMILES string of the molecule is CN1CCN(C2CC3(CCN(CN)CC3)C2)CC1. The lowest BCUT2D eigenvalue weighted by atomic mass is 9.60. The first-order valence-corrected chi connectivity index (χ1v) is 7.56. The highest BCUT2D eigenvalue weighted by Crippen LogP contribution is 2.50. The first-order chi connectivity index (χ1) is 8.71. The van der Waals surface area contributed by atoms with Crippen LogP contribution in [0.25, 0.3) is 0 Å². The molecule has 2 aliphatic heterocycles. The molecule has 0 amide bonds. The lowest BCUT2D eigenvalue weighted by molar-refractivity contribution is -0.0531. The molecule has 1 saturated carbocycles. The molecule has 3 fully saturated rings. The Hall–Kier alpha value is -0.160. The quantitative estimate of drug-likeness (QED) is 0.771. The molecule has 0 radical (unpaired) electrons. The second-order valence-corrected chi connectivity index (χ2v) is 6.70. The normalized spacial score (nSPS) is 31.7. The van der Waals surface area contributed by atoms with Gasteiger partial charge in [0.2, 0.25) is 0 Å². The minimum absolute atomic E-state index is 0.694. The molecule has 3 rings (SSSR count). The van der Waals surface area contributed by atoms with Gasteiger partial charge in [0.15, 0.2) is 0 Å². The number of nitrogens with two attached hydrogens (primary N) is 1. The lowest BCUT2D eigenvalue weighted by Gasteiger charge is -2.56. The summed E-state index contributed by atoms with van der Waals surface area (Å²) in [7, 11) is 2.24. The van der Waals surface area contributed by atoms with Gasteiger partial charge < -0.3 is 10.6 Å². The van der Waals surface area contributed by atoms with Crippen LogP contribution in [0.1, 0.15) is 25.7 Å². The van der Waals surface area contributed by atoms with Gasteiger partial charge in [0.05, 0.1) is 0 Å². The third-order valence-corrected chi connectivity index (χ3v) is 5.57. The lowest BCUT2D eigenvalue weighted by Crippen LogP contribution is -2.58. The van der Waals surface area contributed by atoms with Gasteiger partial charge in [-0.3, -0.25) is 9.80 Å². The van der Waals surface area contributed by atoms with E-state index in [0.717, 1.165) is 12.7 Å². The van der Waals surface area contributed by atoms with Crippen LogP contribution >= 0.6 is 0 Å². The maximum Gasteiger partial charge on any atom is 0.0455 e. The van der Waals surface area contributed by atoms with Gasteiger partial charge in [-0.05, 0) is 51.2 Å². The predicted octanol–water partition coefficient (Wildman–Crippen LogP) is 0.395. The molecule has 18 heavy (non-hydrogen) atoms. The molecule has 1 spiro atoms. The molecule has 0 aromatic heterocycles. The Labute approximate surface area is 111 Å². The van der Waals surface area contributed by atoms with E-state index in [9.17, 15) is 0 Å². The fourth-order valence-electron chi connectivity index (χ4n) is 4.00. The average molecular weight is 252 g/mol. The molecule has 104 valence electrons. The number of likely N-dealkylation sites (N-methyl/N-ethyl adjacent to an activating group) is 1. The van der Waals surface area contributed by atoms with Crippen LogP contribution in [0, 0.1) is 5.41 Å². The Bertz CT molecular complexity index is 270. The van der Waals surface area contributed by atoms with Gasteiger partial charge in [0.1, 0.15) is 0 Å². The zero-order valence-corrected chi connectivity index (χ0v) is 11.8. The second-order valence-electron chi connectivity index (χ2n) is 6.70. The number of likely N-dealkylation sites (tertiary alicyclic amines) is 1. The fraction of sp³-hybridized carbons (Fsp3) is 1.00. The minimum Gasteiger partial charge on any atom is -0.318 e. The summed E-state index contributed by atoms with van der Waals surface area (Å²) in [5.41, 5.74) is 6.42. The summed E-state index contributed by atoms with van der Waals surface area (Å²) in [5, 5.41) is 0. The summed E-state index contributed by atoms with van der Waals surface area (Å²) < 4.78 is 0. The van der Waals surface area contributed by atoms with Crippen LogP contribution in [0.2, 0.25) is 0 Å². The maximum atomic E-state index is 5.72. The number of piperidine rings is 1. The highest BCUT2D eigenvalue weighted by Gasteiger charge is 2.47. The van der Waals surface area contributed by atoms with E-state index < -0.39 is 0 Å². The zero-order chi connectivity index (χ0) is 12.6. The fourth-order valence-corrected chi connectivity index (χ4v) is 4.00. The Morgan fingerprint density at radius 2 is 1.61 bits per heavy atom. The Kier molecular flexibility index (Phi) is 3.63. The van der Waals surface area contributed by atoms with E-state index in [1.54, 1.807) is 0 Å². The Morgan fingerprint density at radius 1 is 1.00 bits per heavy atom. The van der Waals surface area contributed by atoms with E-state index in [-0.39, 0.29) is 0 Å². The summed E-state index contributed by atoms with van der Waals surface area (Å²) in [5.74, 6) is 0. The summed E-state index contributed by atoms with van der Waals surface area (Å²) in [4.78, 5) is 7.58. The van der Waals surface area contributed by atoms with Gasteiger partial charge in [0.25, 0.3) is 0 Å². The molecular weight excluding hydrogens is 224 g/mol. The number of rotatable bonds is 2. The highest BCUT2D eigenvalue weighted by molar-refractivity contribution is 5.01. The van der Waals surface area contributed by atoms with Crippen molar-refractivity contribution in [3.63, 3.8) is 0 Å². The number of nitrogens with zero attached hydrogens (tertiary/aromatic N) is 3. The number of hydrogen-bond donors (Lipinski definition) is 1. The van der Waals surface area contributed by atoms with Crippen molar-refractivity contribution in [2.24, 2.45) is 11.1 Å². The van der Waals surface area contributed by atoms with Crippen molar-refractivity contribution in [2.45, 2.75) is 31.7 Å². The van der Waals surface area contributed by atoms with Gasteiger partial charge in [-0.15, -0.1) is 0 Å². The van der Waals surface area contributed by atoms with Gasteiger partial charge in [-0.1, -0.05) is 0 Å². The Balaban J connectivity index is 1.45. The molecule has 0 bridgehead atoms. The summed E-state index contributed by atoms with van der Waals surface area (Å²) >= 11 is 0. The third kappa shape index (κ3) is 2.44. The molecule has 0 atom stereocenters. The molecule has 2 heterocycles. The molecule has 2 saturated heterocycles. The van der Waals surface area contributed by atoms with Crippen LogP contribution in [0.15, 0.2) is 0 Å². The number of hydrogen-bond acceptors (Lipinski definition) is 4. The van der Waals surface area contributed by atoms with Crippen molar-refractivity contribution < 1.29 is 0 Å². The van der Waals surface area contributed by atoms with Gasteiger partial charge in [0, 0.05) is 38.9 Å². The van der Waals surface area contributed by atoms with Crippen LogP contribution in [0.3, 0.4) is 0 Å². The van der Waals surface area contributed by atoms with Crippen LogP contribution in [0.4, 0.5) is 0 Å². The molecule has 3 aliphatic rings. The van der Waals surface area contributed by atoms with Gasteiger partial charge in [-0.2, -0.15) is 0 Å². The van der Waals surface area contributed by atoms with E-state index in [1.165, 1.54) is 65.0 Å². The molecular formula is C14H28N4. The summed E-state index contributed by atoms with van der Waals surface area (Å²) in [6, 6.07) is 0.892. The monoisotopic (exact) mass is 252 g/mol. The largest absolute Gasteiger partial charge is 0.318 e. The summed E-state index contributed by atoms with van der Waals surface area (Å²) in [6.07, 6.45) is 5.67. The van der Waals surface area contributed by atoms with Crippen molar-refractivity contribution >= 4 is 0 Å². The number of piperazine rings is 1. The van der Waals surface area contributed by atoms with Crippen molar-refractivity contribution in [3.05, 3.63) is 0 Å². The van der Waals surface area contributed by atoms with Gasteiger partial charge in [-0.25, -0.2) is 0 Å². The molecule has 1 aliphatic carbocycles. The molecule has 0 unspecified atom stereocenters. The minimum atomic E-state index is 0.694. The van der Waals surface area contributed by atoms with Crippen LogP contribution in [-0.4, -0.2) is 73.7 Å². The van der Waals surface area contributed by atoms with E-state index in [0.29, 0.717) is 5.41 Å². The van der Waals surface area contributed by atoms with Crippen molar-refractivity contribution in [1.82, 2.24) is 14.7 Å².